The number of urea groups is 1. The molecule has 0 saturated carbocycles. The number of carbonyl (C=O) groups is 4. The standard InChI is InChI=1S/C28H38FN5O8/c1-15(2)30-28(40)34-11-18-9-20(34)27(39)32-7-8-41-19(12-32)13-33(26(38)16-3-5-17(29)6-4-16)14-22-25(37)24(36)21(42-22)10-23(35)31-18/h3-6,15,18-22,24-25,36-37H,7-14H2,1-2H3,(H,30,40)(H,31,35)/t18-,19-,20-,21-,22+,24-,25+/m0/s1. The van der Waals surface area contributed by atoms with Gasteiger partial charge in [0.1, 0.15) is 30.2 Å². The summed E-state index contributed by atoms with van der Waals surface area (Å²) >= 11 is 0. The summed E-state index contributed by atoms with van der Waals surface area (Å²) in [6.45, 7) is 4.23. The summed E-state index contributed by atoms with van der Waals surface area (Å²) in [5.41, 5.74) is 0.197. The molecule has 4 heterocycles. The first kappa shape index (κ1) is 30.1. The predicted octanol–water partition coefficient (Wildman–Crippen LogP) is -0.935. The van der Waals surface area contributed by atoms with Crippen molar-refractivity contribution >= 4 is 23.8 Å². The summed E-state index contributed by atoms with van der Waals surface area (Å²) in [6.07, 6.45) is -5.48. The Bertz CT molecular complexity index is 1190. The van der Waals surface area contributed by atoms with Gasteiger partial charge in [-0.2, -0.15) is 0 Å². The summed E-state index contributed by atoms with van der Waals surface area (Å²) in [7, 11) is 0. The number of hydrogen-bond donors (Lipinski definition) is 4. The van der Waals surface area contributed by atoms with Crippen LogP contribution in [0, 0.1) is 5.82 Å². The fourth-order valence-corrected chi connectivity index (χ4v) is 6.06. The van der Waals surface area contributed by atoms with Gasteiger partial charge in [-0.15, -0.1) is 0 Å². The summed E-state index contributed by atoms with van der Waals surface area (Å²) in [5.74, 6) is -1.73. The molecule has 0 radical (unpaired) electrons. The van der Waals surface area contributed by atoms with E-state index in [4.69, 9.17) is 9.47 Å². The first-order chi connectivity index (χ1) is 20.0. The summed E-state index contributed by atoms with van der Waals surface area (Å²) in [6, 6.07) is 3.10. The van der Waals surface area contributed by atoms with E-state index in [1.807, 2.05) is 13.8 Å². The highest BCUT2D eigenvalue weighted by Crippen LogP contribution is 2.27. The fraction of sp³-hybridized carbons (Fsp3) is 0.643. The van der Waals surface area contributed by atoms with Gasteiger partial charge in [0.2, 0.25) is 11.8 Å². The fourth-order valence-electron chi connectivity index (χ4n) is 6.06. The molecule has 4 fully saturated rings. The number of nitrogens with zero attached hydrogens (tertiary/aromatic N) is 3. The maximum absolute atomic E-state index is 13.8. The molecule has 4 aliphatic heterocycles. The van der Waals surface area contributed by atoms with E-state index in [1.54, 1.807) is 4.90 Å². The van der Waals surface area contributed by atoms with Crippen molar-refractivity contribution in [3.63, 3.8) is 0 Å². The van der Waals surface area contributed by atoms with Gasteiger partial charge in [-0.1, -0.05) is 0 Å². The van der Waals surface area contributed by atoms with Gasteiger partial charge in [0, 0.05) is 50.4 Å². The molecular formula is C28H38FN5O8. The molecule has 42 heavy (non-hydrogen) atoms. The van der Waals surface area contributed by atoms with Gasteiger partial charge in [-0.25, -0.2) is 9.18 Å². The number of aliphatic hydroxyl groups is 2. The van der Waals surface area contributed by atoms with Gasteiger partial charge in [-0.3, -0.25) is 14.4 Å². The second-order valence-electron chi connectivity index (χ2n) is 11.7. The number of ether oxygens (including phenoxy) is 2. The van der Waals surface area contributed by atoms with Gasteiger partial charge in [0.25, 0.3) is 5.91 Å². The molecule has 5 amide bonds. The van der Waals surface area contributed by atoms with E-state index in [0.29, 0.717) is 0 Å². The third-order valence-corrected chi connectivity index (χ3v) is 8.13. The number of likely N-dealkylation sites (tertiary alicyclic amines) is 1. The zero-order valence-corrected chi connectivity index (χ0v) is 23.6. The minimum atomic E-state index is -1.38. The van der Waals surface area contributed by atoms with Crippen LogP contribution in [0.25, 0.3) is 0 Å². The lowest BCUT2D eigenvalue weighted by Gasteiger charge is -2.38. The van der Waals surface area contributed by atoms with Crippen LogP contribution in [0.5, 0.6) is 0 Å². The van der Waals surface area contributed by atoms with Crippen LogP contribution < -0.4 is 10.6 Å². The first-order valence-electron chi connectivity index (χ1n) is 14.3. The molecule has 0 aromatic heterocycles. The number of hydrogen-bond acceptors (Lipinski definition) is 8. The van der Waals surface area contributed by atoms with Crippen molar-refractivity contribution in [2.45, 2.75) is 75.3 Å². The van der Waals surface area contributed by atoms with E-state index in [0.717, 1.165) is 12.1 Å². The Balaban J connectivity index is 1.44. The van der Waals surface area contributed by atoms with Crippen molar-refractivity contribution in [2.24, 2.45) is 0 Å². The number of carbonyl (C=O) groups excluding carboxylic acids is 4. The SMILES string of the molecule is CC(C)NC(=O)N1C[C@@H]2C[C@H]1C(=O)N1CCO[C@H](CN(C(=O)c3ccc(F)cc3)C[C@H]3O[C@@H](CC(=O)N2)[C@H](O)[C@@H]3O)C1. The average Bonchev–Trinajstić information content (AvgIpc) is 3.48. The van der Waals surface area contributed by atoms with Crippen molar-refractivity contribution in [2.75, 3.05) is 39.3 Å². The van der Waals surface area contributed by atoms with Gasteiger partial charge in [-0.05, 0) is 44.5 Å². The normalized spacial score (nSPS) is 32.2. The average molecular weight is 592 g/mol. The van der Waals surface area contributed by atoms with Crippen molar-refractivity contribution < 1.29 is 43.3 Å². The van der Waals surface area contributed by atoms with Crippen LogP contribution in [0.15, 0.2) is 24.3 Å². The van der Waals surface area contributed by atoms with E-state index in [-0.39, 0.29) is 69.7 Å². The molecule has 0 unspecified atom stereocenters. The zero-order valence-electron chi connectivity index (χ0n) is 23.6. The molecular weight excluding hydrogens is 553 g/mol. The van der Waals surface area contributed by atoms with Crippen molar-refractivity contribution in [1.82, 2.24) is 25.3 Å². The maximum atomic E-state index is 13.8. The van der Waals surface area contributed by atoms with Gasteiger partial charge < -0.3 is 45.0 Å². The third-order valence-electron chi connectivity index (χ3n) is 8.13. The highest BCUT2D eigenvalue weighted by Gasteiger charge is 2.47. The maximum Gasteiger partial charge on any atom is 0.318 e. The second-order valence-corrected chi connectivity index (χ2v) is 11.7. The molecule has 1 aromatic carbocycles. The van der Waals surface area contributed by atoms with Crippen LogP contribution in [0.4, 0.5) is 9.18 Å². The number of halogens is 1. The first-order valence-corrected chi connectivity index (χ1v) is 14.3. The van der Waals surface area contributed by atoms with E-state index in [9.17, 15) is 33.8 Å². The molecule has 5 rings (SSSR count). The topological polar surface area (TPSA) is 161 Å². The molecule has 4 N–H and O–H groups in total. The van der Waals surface area contributed by atoms with Crippen molar-refractivity contribution in [3.8, 4) is 0 Å². The number of morpholine rings is 1. The van der Waals surface area contributed by atoms with Crippen LogP contribution >= 0.6 is 0 Å². The van der Waals surface area contributed by atoms with Crippen molar-refractivity contribution in [3.05, 3.63) is 35.6 Å². The monoisotopic (exact) mass is 591 g/mol. The molecule has 4 saturated heterocycles. The van der Waals surface area contributed by atoms with Crippen LogP contribution in [-0.4, -0.2) is 137 Å². The minimum Gasteiger partial charge on any atom is -0.388 e. The highest BCUT2D eigenvalue weighted by molar-refractivity contribution is 5.94. The van der Waals surface area contributed by atoms with Crippen molar-refractivity contribution in [1.29, 1.82) is 0 Å². The molecule has 0 aliphatic carbocycles. The molecule has 7 atom stereocenters. The smallest absolute Gasteiger partial charge is 0.318 e. The van der Waals surface area contributed by atoms with E-state index < -0.39 is 66.3 Å². The molecule has 230 valence electrons. The Labute approximate surface area is 242 Å². The van der Waals surface area contributed by atoms with Gasteiger partial charge >= 0.3 is 6.03 Å². The summed E-state index contributed by atoms with van der Waals surface area (Å²) in [5, 5.41) is 27.2. The van der Waals surface area contributed by atoms with Gasteiger partial charge in [0.15, 0.2) is 0 Å². The number of rotatable bonds is 2. The number of amides is 5. The number of fused-ring (bicyclic) bond motifs is 6. The minimum absolute atomic E-state index is 0.0126. The quantitative estimate of drug-likeness (QED) is 0.343. The van der Waals surface area contributed by atoms with E-state index in [2.05, 4.69) is 10.6 Å². The van der Waals surface area contributed by atoms with Crippen LogP contribution in [0.2, 0.25) is 0 Å². The Hall–Kier alpha value is -3.33. The summed E-state index contributed by atoms with van der Waals surface area (Å²) < 4.78 is 25.4. The lowest BCUT2D eigenvalue weighted by molar-refractivity contribution is -0.143. The third kappa shape index (κ3) is 6.51. The molecule has 6 bridgehead atoms. The Morgan fingerprint density at radius 2 is 1.76 bits per heavy atom. The second kappa shape index (κ2) is 12.5. The van der Waals surface area contributed by atoms with Gasteiger partial charge in [0.05, 0.1) is 25.2 Å². The van der Waals surface area contributed by atoms with E-state index >= 15 is 0 Å². The molecule has 1 aromatic rings. The van der Waals surface area contributed by atoms with E-state index in [1.165, 1.54) is 21.9 Å². The lowest BCUT2D eigenvalue weighted by Crippen LogP contribution is -2.57. The molecule has 14 heteroatoms. The highest BCUT2D eigenvalue weighted by atomic mass is 19.1. The molecule has 4 aliphatic rings. The number of benzene rings is 1. The summed E-state index contributed by atoms with van der Waals surface area (Å²) in [4.78, 5) is 57.8. The Kier molecular flexibility index (Phi) is 8.97. The largest absolute Gasteiger partial charge is 0.388 e. The molecule has 13 nitrogen and oxygen atoms in total. The Morgan fingerprint density at radius 3 is 2.48 bits per heavy atom. The lowest BCUT2D eigenvalue weighted by atomic mass is 10.0. The predicted molar refractivity (Wildman–Crippen MR) is 145 cm³/mol. The number of nitrogens with one attached hydrogen (secondary N) is 2. The number of aliphatic hydroxyl groups excluding tert-OH is 2. The Morgan fingerprint density at radius 1 is 1.05 bits per heavy atom. The zero-order chi connectivity index (χ0) is 30.1. The molecule has 0 spiro atoms. The van der Waals surface area contributed by atoms with Crippen LogP contribution in [0.3, 0.4) is 0 Å². The van der Waals surface area contributed by atoms with Crippen LogP contribution in [-0.2, 0) is 19.1 Å². The van der Waals surface area contributed by atoms with Crippen LogP contribution in [0.1, 0.15) is 37.0 Å².